The minimum absolute atomic E-state index is 0.0111. The molecule has 12 nitrogen and oxygen atoms in total. The van der Waals surface area contributed by atoms with Gasteiger partial charge in [-0.25, -0.2) is 4.98 Å². The second-order valence-electron chi connectivity index (χ2n) is 19.6. The molecule has 8 rings (SSSR count). The van der Waals surface area contributed by atoms with Gasteiger partial charge in [-0.3, -0.25) is 24.2 Å². The van der Waals surface area contributed by atoms with Crippen molar-refractivity contribution in [3.8, 4) is 0 Å². The number of hydrogen-bond donors (Lipinski definition) is 3. The van der Waals surface area contributed by atoms with Gasteiger partial charge in [-0.05, 0) is 92.8 Å². The van der Waals surface area contributed by atoms with E-state index in [4.69, 9.17) is 9.31 Å². The molecule has 7 fully saturated rings. The smallest absolute Gasteiger partial charge is 0.404 e. The third kappa shape index (κ3) is 7.69. The van der Waals surface area contributed by atoms with Crippen LogP contribution in [0.4, 0.5) is 0 Å². The third-order valence-corrected chi connectivity index (χ3v) is 14.8. The maximum absolute atomic E-state index is 15.1. The summed E-state index contributed by atoms with van der Waals surface area (Å²) in [4.78, 5) is 67.5. The maximum Gasteiger partial charge on any atom is 0.481 e. The van der Waals surface area contributed by atoms with Gasteiger partial charge in [0.1, 0.15) is 23.8 Å². The Kier molecular flexibility index (Phi) is 11.5. The molecule has 2 aliphatic heterocycles. The zero-order chi connectivity index (χ0) is 39.3. The standard InChI is InChI=1S/C42H65BN6O6/c1-8-14-33(43-54-32-23-27-22-31(41(27,5)6)42(32,7)55-43)46-37(51)30-21-26-17-12-13-18-29(26)49(30)39(53)35(40(2,3)4)48-38(52)34(25-15-10-9-11-16-25)47-36(50)28-24-44-19-20-45-28/h19-20,24-27,29-35H,8-18,21-23H2,1-7H3,(H,46,51)(H,47,50)(H,48,52)/t26-,27-,29-,30-,31-,32+,33?,34?,35+,42-/m0/s1. The highest BCUT2D eigenvalue weighted by Crippen LogP contribution is 2.65. The average Bonchev–Trinajstić information content (AvgIpc) is 3.74. The van der Waals surface area contributed by atoms with Gasteiger partial charge in [0.25, 0.3) is 5.91 Å². The van der Waals surface area contributed by atoms with Gasteiger partial charge in [-0.2, -0.15) is 0 Å². The Morgan fingerprint density at radius 1 is 0.945 bits per heavy atom. The summed E-state index contributed by atoms with van der Waals surface area (Å²) >= 11 is 0. The predicted molar refractivity (Wildman–Crippen MR) is 209 cm³/mol. The fourth-order valence-electron chi connectivity index (χ4n) is 11.5. The van der Waals surface area contributed by atoms with Crippen LogP contribution in [-0.4, -0.2) is 87.4 Å². The molecular formula is C42H65BN6O6. The van der Waals surface area contributed by atoms with E-state index in [9.17, 15) is 14.4 Å². The van der Waals surface area contributed by atoms with Gasteiger partial charge in [-0.1, -0.05) is 80.1 Å². The van der Waals surface area contributed by atoms with Crippen LogP contribution in [0.3, 0.4) is 0 Å². The number of carbonyl (C=O) groups is 4. The largest absolute Gasteiger partial charge is 0.481 e. The fraction of sp³-hybridized carbons (Fsp3) is 0.810. The summed E-state index contributed by atoms with van der Waals surface area (Å²) in [6.45, 7) is 14.9. The van der Waals surface area contributed by atoms with Gasteiger partial charge in [0.15, 0.2) is 0 Å². The Bertz CT molecular complexity index is 1580. The molecule has 13 heteroatoms. The molecule has 10 atom stereocenters. The van der Waals surface area contributed by atoms with Crippen LogP contribution in [0.5, 0.6) is 0 Å². The van der Waals surface area contributed by atoms with E-state index in [1.54, 1.807) is 0 Å². The zero-order valence-electron chi connectivity index (χ0n) is 34.3. The number of amides is 4. The number of carbonyl (C=O) groups excluding carboxylic acids is 4. The quantitative estimate of drug-likeness (QED) is 0.254. The van der Waals surface area contributed by atoms with E-state index in [1.807, 2.05) is 25.7 Å². The maximum atomic E-state index is 15.1. The molecule has 1 aromatic heterocycles. The van der Waals surface area contributed by atoms with Crippen molar-refractivity contribution in [2.45, 2.75) is 180 Å². The van der Waals surface area contributed by atoms with Crippen LogP contribution in [-0.2, 0) is 23.7 Å². The van der Waals surface area contributed by atoms with Crippen molar-refractivity contribution >= 4 is 30.7 Å². The Labute approximate surface area is 328 Å². The summed E-state index contributed by atoms with van der Waals surface area (Å²) in [5, 5.41) is 9.47. The van der Waals surface area contributed by atoms with Crippen molar-refractivity contribution < 1.29 is 28.5 Å². The van der Waals surface area contributed by atoms with Crippen molar-refractivity contribution in [1.29, 1.82) is 0 Å². The first-order valence-electron chi connectivity index (χ1n) is 21.5. The summed E-state index contributed by atoms with van der Waals surface area (Å²) in [5.41, 5.74) is -0.711. The lowest BCUT2D eigenvalue weighted by Gasteiger charge is -2.64. The van der Waals surface area contributed by atoms with Crippen LogP contribution in [0, 0.1) is 34.5 Å². The molecule has 1 aromatic rings. The highest BCUT2D eigenvalue weighted by atomic mass is 16.7. The number of nitrogens with one attached hydrogen (secondary N) is 3. The number of likely N-dealkylation sites (tertiary alicyclic amines) is 1. The first-order valence-corrected chi connectivity index (χ1v) is 21.5. The fourth-order valence-corrected chi connectivity index (χ4v) is 11.5. The normalized spacial score (nSPS) is 33.0. The molecule has 55 heavy (non-hydrogen) atoms. The Morgan fingerprint density at radius 2 is 1.67 bits per heavy atom. The van der Waals surface area contributed by atoms with Crippen LogP contribution in [0.2, 0.25) is 0 Å². The molecule has 4 amide bonds. The average molecular weight is 761 g/mol. The highest BCUT2D eigenvalue weighted by molar-refractivity contribution is 6.48. The van der Waals surface area contributed by atoms with Crippen LogP contribution < -0.4 is 16.0 Å². The molecule has 0 radical (unpaired) electrons. The minimum Gasteiger partial charge on any atom is -0.404 e. The molecule has 3 N–H and O–H groups in total. The number of rotatable bonds is 11. The lowest BCUT2D eigenvalue weighted by atomic mass is 9.43. The Balaban J connectivity index is 1.11. The Morgan fingerprint density at radius 3 is 2.35 bits per heavy atom. The van der Waals surface area contributed by atoms with E-state index in [-0.39, 0.29) is 64.4 Å². The molecule has 5 aliphatic carbocycles. The van der Waals surface area contributed by atoms with Gasteiger partial charge in [0.05, 0.1) is 23.8 Å². The van der Waals surface area contributed by atoms with Crippen LogP contribution in [0.15, 0.2) is 18.6 Å². The molecule has 2 unspecified atom stereocenters. The molecular weight excluding hydrogens is 695 g/mol. The van der Waals surface area contributed by atoms with Gasteiger partial charge < -0.3 is 30.2 Å². The van der Waals surface area contributed by atoms with Crippen molar-refractivity contribution in [1.82, 2.24) is 30.8 Å². The number of hydrogen-bond acceptors (Lipinski definition) is 8. The molecule has 0 spiro atoms. The number of nitrogens with zero attached hydrogens (tertiary/aromatic N) is 3. The SMILES string of the molecule is CCCC(NC(=O)[C@@H]1C[C@@H]2CCCC[C@@H]2N1C(=O)[C@@H](NC(=O)C(NC(=O)c1cnccn1)C1CCCCC1)C(C)(C)C)B1O[C@@H]2C[C@@H]3C[C@@H](C3(C)C)[C@]2(C)O1. The van der Waals surface area contributed by atoms with Crippen molar-refractivity contribution in [3.05, 3.63) is 24.3 Å². The number of aromatic nitrogens is 2. The van der Waals surface area contributed by atoms with Gasteiger partial charge in [0.2, 0.25) is 17.7 Å². The van der Waals surface area contributed by atoms with E-state index >= 15 is 4.79 Å². The summed E-state index contributed by atoms with van der Waals surface area (Å²) in [6.07, 6.45) is 17.1. The monoisotopic (exact) mass is 761 g/mol. The summed E-state index contributed by atoms with van der Waals surface area (Å²) in [6, 6.07) is -2.50. The molecule has 2 saturated heterocycles. The first-order chi connectivity index (χ1) is 26.1. The third-order valence-electron chi connectivity index (χ3n) is 14.8. The van der Waals surface area contributed by atoms with E-state index in [0.29, 0.717) is 24.7 Å². The van der Waals surface area contributed by atoms with Crippen molar-refractivity contribution in [3.63, 3.8) is 0 Å². The summed E-state index contributed by atoms with van der Waals surface area (Å²) in [7, 11) is -0.544. The van der Waals surface area contributed by atoms with Gasteiger partial charge in [0, 0.05) is 18.4 Å². The molecule has 2 bridgehead atoms. The summed E-state index contributed by atoms with van der Waals surface area (Å²) in [5.74, 6) is -0.416. The molecule has 0 aromatic carbocycles. The second kappa shape index (κ2) is 15.7. The van der Waals surface area contributed by atoms with Crippen LogP contribution in [0.25, 0.3) is 0 Å². The lowest BCUT2D eigenvalue weighted by molar-refractivity contribution is -0.199. The van der Waals surface area contributed by atoms with E-state index in [1.165, 1.54) is 18.6 Å². The van der Waals surface area contributed by atoms with Crippen molar-refractivity contribution in [2.24, 2.45) is 34.5 Å². The van der Waals surface area contributed by atoms with E-state index < -0.39 is 36.6 Å². The van der Waals surface area contributed by atoms with Gasteiger partial charge >= 0.3 is 7.12 Å². The molecule has 7 aliphatic rings. The molecule has 5 saturated carbocycles. The van der Waals surface area contributed by atoms with Crippen LogP contribution in [0.1, 0.15) is 149 Å². The van der Waals surface area contributed by atoms with E-state index in [0.717, 1.165) is 77.0 Å². The first kappa shape index (κ1) is 40.2. The number of fused-ring (bicyclic) bond motifs is 1. The summed E-state index contributed by atoms with van der Waals surface area (Å²) < 4.78 is 13.5. The van der Waals surface area contributed by atoms with E-state index in [2.05, 4.69) is 53.6 Å². The second-order valence-corrected chi connectivity index (χ2v) is 19.6. The topological polar surface area (TPSA) is 152 Å². The highest BCUT2D eigenvalue weighted by Gasteiger charge is 2.68. The van der Waals surface area contributed by atoms with Crippen LogP contribution >= 0.6 is 0 Å². The Hall–Kier alpha value is -3.06. The molecule has 302 valence electrons. The predicted octanol–water partition coefficient (Wildman–Crippen LogP) is 5.40. The zero-order valence-corrected chi connectivity index (χ0v) is 34.3. The van der Waals surface area contributed by atoms with Gasteiger partial charge in [-0.15, -0.1) is 0 Å². The minimum atomic E-state index is -0.915. The van der Waals surface area contributed by atoms with Crippen molar-refractivity contribution in [2.75, 3.05) is 0 Å². The molecule has 3 heterocycles. The lowest BCUT2D eigenvalue weighted by Crippen LogP contribution is -2.65.